The number of amides is 1. The molecule has 1 aliphatic rings. The van der Waals surface area contributed by atoms with Gasteiger partial charge in [0.1, 0.15) is 6.04 Å². The van der Waals surface area contributed by atoms with Crippen molar-refractivity contribution in [2.24, 2.45) is 0 Å². The zero-order chi connectivity index (χ0) is 18.4. The Kier molecular flexibility index (Phi) is 6.55. The van der Waals surface area contributed by atoms with E-state index < -0.39 is 22.0 Å². The highest BCUT2D eigenvalue weighted by molar-refractivity contribution is 7.89. The molecule has 138 valence electrons. The summed E-state index contributed by atoms with van der Waals surface area (Å²) >= 11 is 0. The first-order valence-corrected chi connectivity index (χ1v) is 9.90. The molecule has 8 heteroatoms. The monoisotopic (exact) mass is 368 g/mol. The minimum absolute atomic E-state index is 0.155. The molecule has 1 amide bonds. The summed E-state index contributed by atoms with van der Waals surface area (Å²) in [6, 6.07) is 5.65. The maximum Gasteiger partial charge on any atom is 0.326 e. The number of carboxylic acids is 1. The summed E-state index contributed by atoms with van der Waals surface area (Å²) in [5.41, 5.74) is 0.832. The van der Waals surface area contributed by atoms with Gasteiger partial charge >= 0.3 is 5.97 Å². The van der Waals surface area contributed by atoms with Crippen molar-refractivity contribution in [3.05, 3.63) is 29.8 Å². The van der Waals surface area contributed by atoms with Crippen LogP contribution in [0.15, 0.2) is 29.2 Å². The van der Waals surface area contributed by atoms with E-state index in [1.807, 2.05) is 0 Å². The summed E-state index contributed by atoms with van der Waals surface area (Å²) in [5.74, 6) is -1.38. The molecule has 7 nitrogen and oxygen atoms in total. The second kappa shape index (κ2) is 8.44. The van der Waals surface area contributed by atoms with Gasteiger partial charge in [0, 0.05) is 19.5 Å². The van der Waals surface area contributed by atoms with Gasteiger partial charge in [0.2, 0.25) is 15.9 Å². The molecule has 2 N–H and O–H groups in total. The number of benzene rings is 1. The number of aryl methyl sites for hydroxylation is 1. The van der Waals surface area contributed by atoms with E-state index in [-0.39, 0.29) is 17.2 Å². The quantitative estimate of drug-likeness (QED) is 0.721. The van der Waals surface area contributed by atoms with Gasteiger partial charge in [-0.25, -0.2) is 13.2 Å². The third-order valence-electron chi connectivity index (χ3n) is 4.31. The highest BCUT2D eigenvalue weighted by Gasteiger charge is 2.26. The summed E-state index contributed by atoms with van der Waals surface area (Å²) < 4.78 is 26.4. The second-order valence-electron chi connectivity index (χ2n) is 6.12. The number of aliphatic carboxylic acids is 1. The number of rotatable bonds is 8. The topological polar surface area (TPSA) is 104 Å². The van der Waals surface area contributed by atoms with Gasteiger partial charge in [-0.05, 0) is 43.4 Å². The first-order valence-electron chi connectivity index (χ1n) is 8.46. The average Bonchev–Trinajstić information content (AvgIpc) is 3.13. The van der Waals surface area contributed by atoms with Crippen molar-refractivity contribution in [1.82, 2.24) is 9.62 Å². The molecule has 1 fully saturated rings. The Morgan fingerprint density at radius 2 is 1.80 bits per heavy atom. The normalized spacial score (nSPS) is 16.5. The molecule has 0 bridgehead atoms. The van der Waals surface area contributed by atoms with Crippen molar-refractivity contribution in [3.8, 4) is 0 Å². The highest BCUT2D eigenvalue weighted by Crippen LogP contribution is 2.21. The van der Waals surface area contributed by atoms with E-state index in [0.717, 1.165) is 18.4 Å². The number of hydrogen-bond donors (Lipinski definition) is 2. The third-order valence-corrected chi connectivity index (χ3v) is 6.22. The number of hydrogen-bond acceptors (Lipinski definition) is 4. The summed E-state index contributed by atoms with van der Waals surface area (Å²) in [6.07, 6.45) is 2.68. The zero-order valence-corrected chi connectivity index (χ0v) is 15.1. The van der Waals surface area contributed by atoms with Crippen molar-refractivity contribution in [2.75, 3.05) is 13.1 Å². The number of nitrogens with zero attached hydrogens (tertiary/aromatic N) is 1. The van der Waals surface area contributed by atoms with Crippen LogP contribution in [0.5, 0.6) is 0 Å². The Morgan fingerprint density at radius 1 is 1.20 bits per heavy atom. The summed E-state index contributed by atoms with van der Waals surface area (Å²) in [4.78, 5) is 23.0. The maximum atomic E-state index is 12.4. The largest absolute Gasteiger partial charge is 0.480 e. The molecule has 1 unspecified atom stereocenters. The summed E-state index contributed by atoms with van der Waals surface area (Å²) in [6.45, 7) is 2.82. The molecule has 1 aromatic rings. The molecule has 0 saturated carbocycles. The van der Waals surface area contributed by atoms with E-state index in [0.29, 0.717) is 25.9 Å². The van der Waals surface area contributed by atoms with Crippen LogP contribution in [0.3, 0.4) is 0 Å². The molecule has 1 atom stereocenters. The Morgan fingerprint density at radius 3 is 2.32 bits per heavy atom. The molecule has 2 rings (SSSR count). The lowest BCUT2D eigenvalue weighted by Crippen LogP contribution is -2.40. The van der Waals surface area contributed by atoms with Crippen molar-refractivity contribution in [2.45, 2.75) is 50.0 Å². The van der Waals surface area contributed by atoms with Gasteiger partial charge in [0.05, 0.1) is 4.90 Å². The molecule has 1 aromatic carbocycles. The molecular weight excluding hydrogens is 344 g/mol. The van der Waals surface area contributed by atoms with Gasteiger partial charge in [-0.15, -0.1) is 0 Å². The number of carboxylic acid groups (broad SMARTS) is 1. The molecule has 1 heterocycles. The van der Waals surface area contributed by atoms with Crippen LogP contribution in [0, 0.1) is 0 Å². The van der Waals surface area contributed by atoms with Crippen LogP contribution in [-0.4, -0.2) is 48.8 Å². The second-order valence-corrected chi connectivity index (χ2v) is 8.06. The molecule has 1 aliphatic heterocycles. The fourth-order valence-corrected chi connectivity index (χ4v) is 4.29. The van der Waals surface area contributed by atoms with Crippen molar-refractivity contribution in [1.29, 1.82) is 0 Å². The fraction of sp³-hybridized carbons (Fsp3) is 0.529. The standard InChI is InChI=1S/C17H24N2O5S/c1-2-15(17(21)22)18-16(20)10-7-13-5-8-14(9-6-13)25(23,24)19-11-3-4-12-19/h5-6,8-9,15H,2-4,7,10-12H2,1H3,(H,18,20)(H,21,22). The van der Waals surface area contributed by atoms with Crippen LogP contribution < -0.4 is 5.32 Å². The number of sulfonamides is 1. The number of carbonyl (C=O) groups excluding carboxylic acids is 1. The first-order chi connectivity index (χ1) is 11.8. The number of nitrogens with one attached hydrogen (secondary N) is 1. The van der Waals surface area contributed by atoms with Gasteiger partial charge < -0.3 is 10.4 Å². The van der Waals surface area contributed by atoms with Gasteiger partial charge in [-0.3, -0.25) is 4.79 Å². The van der Waals surface area contributed by atoms with Gasteiger partial charge in [0.25, 0.3) is 0 Å². The van der Waals surface area contributed by atoms with Crippen molar-refractivity contribution < 1.29 is 23.1 Å². The van der Waals surface area contributed by atoms with Crippen LogP contribution in [-0.2, 0) is 26.0 Å². The molecule has 25 heavy (non-hydrogen) atoms. The minimum Gasteiger partial charge on any atom is -0.480 e. The van der Waals surface area contributed by atoms with E-state index in [1.165, 1.54) is 4.31 Å². The van der Waals surface area contributed by atoms with Crippen LogP contribution >= 0.6 is 0 Å². The lowest BCUT2D eigenvalue weighted by Gasteiger charge is -2.15. The Labute approximate surface area is 148 Å². The van der Waals surface area contributed by atoms with E-state index in [2.05, 4.69) is 5.32 Å². The lowest BCUT2D eigenvalue weighted by atomic mass is 10.1. The molecule has 0 aromatic heterocycles. The predicted octanol–water partition coefficient (Wildman–Crippen LogP) is 1.38. The van der Waals surface area contributed by atoms with Crippen molar-refractivity contribution in [3.63, 3.8) is 0 Å². The van der Waals surface area contributed by atoms with Gasteiger partial charge in [-0.1, -0.05) is 19.1 Å². The molecule has 1 saturated heterocycles. The van der Waals surface area contributed by atoms with Gasteiger partial charge in [0.15, 0.2) is 0 Å². The van der Waals surface area contributed by atoms with Gasteiger partial charge in [-0.2, -0.15) is 4.31 Å². The Hall–Kier alpha value is -1.93. The lowest BCUT2D eigenvalue weighted by molar-refractivity contribution is -0.141. The Bertz CT molecular complexity index is 709. The van der Waals surface area contributed by atoms with E-state index in [4.69, 9.17) is 5.11 Å². The molecule has 0 radical (unpaired) electrons. The average molecular weight is 368 g/mol. The zero-order valence-electron chi connectivity index (χ0n) is 14.3. The summed E-state index contributed by atoms with van der Waals surface area (Å²) in [5, 5.41) is 11.4. The smallest absolute Gasteiger partial charge is 0.326 e. The van der Waals surface area contributed by atoms with E-state index >= 15 is 0 Å². The van der Waals surface area contributed by atoms with Crippen LogP contribution in [0.25, 0.3) is 0 Å². The number of carbonyl (C=O) groups is 2. The summed E-state index contributed by atoms with van der Waals surface area (Å²) in [7, 11) is -3.43. The fourth-order valence-electron chi connectivity index (χ4n) is 2.77. The van der Waals surface area contributed by atoms with E-state index in [9.17, 15) is 18.0 Å². The highest BCUT2D eigenvalue weighted by atomic mass is 32.2. The third kappa shape index (κ3) is 5.02. The molecular formula is C17H24N2O5S. The predicted molar refractivity (Wildman–Crippen MR) is 92.6 cm³/mol. The molecule has 0 aliphatic carbocycles. The van der Waals surface area contributed by atoms with Crippen LogP contribution in [0.1, 0.15) is 38.2 Å². The van der Waals surface area contributed by atoms with Crippen LogP contribution in [0.4, 0.5) is 0 Å². The van der Waals surface area contributed by atoms with Crippen molar-refractivity contribution >= 4 is 21.9 Å². The van der Waals surface area contributed by atoms with Crippen LogP contribution in [0.2, 0.25) is 0 Å². The van der Waals surface area contributed by atoms with E-state index in [1.54, 1.807) is 31.2 Å². The SMILES string of the molecule is CCC(NC(=O)CCc1ccc(S(=O)(=O)N2CCCC2)cc1)C(=O)O. The molecule has 0 spiro atoms. The Balaban J connectivity index is 1.92. The first kappa shape index (κ1) is 19.4. The minimum atomic E-state index is -3.43. The maximum absolute atomic E-state index is 12.4.